The van der Waals surface area contributed by atoms with Crippen molar-refractivity contribution in [3.63, 3.8) is 0 Å². The lowest BCUT2D eigenvalue weighted by Crippen LogP contribution is -2.49. The Morgan fingerprint density at radius 2 is 0.625 bits per heavy atom. The van der Waals surface area contributed by atoms with Gasteiger partial charge in [0.15, 0.2) is 0 Å². The van der Waals surface area contributed by atoms with Crippen LogP contribution >= 0.6 is 0 Å². The second-order valence-corrected chi connectivity index (χ2v) is 11.0. The SMILES string of the molecule is O=C(C=CC(=O)N(C1CCCCC1)C1CCCCC1)N(C1CCCCC1)C1CCCCC1. The van der Waals surface area contributed by atoms with Crippen molar-refractivity contribution in [1.82, 2.24) is 9.80 Å². The molecule has 0 N–H and O–H groups in total. The zero-order valence-corrected chi connectivity index (χ0v) is 20.3. The van der Waals surface area contributed by atoms with Crippen LogP contribution in [0.3, 0.4) is 0 Å². The molecule has 0 aliphatic heterocycles. The molecule has 4 aliphatic carbocycles. The molecular weight excluding hydrogens is 396 g/mol. The maximum atomic E-state index is 13.5. The fraction of sp³-hybridized carbons (Fsp3) is 0.857. The van der Waals surface area contributed by atoms with Crippen LogP contribution in [0, 0.1) is 0 Å². The smallest absolute Gasteiger partial charge is 0.247 e. The second-order valence-electron chi connectivity index (χ2n) is 11.0. The van der Waals surface area contributed by atoms with E-state index in [0.29, 0.717) is 24.2 Å². The first-order chi connectivity index (χ1) is 15.7. The summed E-state index contributed by atoms with van der Waals surface area (Å²) in [7, 11) is 0. The van der Waals surface area contributed by atoms with Gasteiger partial charge >= 0.3 is 0 Å². The number of hydrogen-bond acceptors (Lipinski definition) is 2. The predicted octanol–water partition coefficient (Wildman–Crippen LogP) is 6.53. The van der Waals surface area contributed by atoms with E-state index in [1.54, 1.807) is 12.2 Å². The summed E-state index contributed by atoms with van der Waals surface area (Å²) in [5.41, 5.74) is 0. The maximum Gasteiger partial charge on any atom is 0.247 e. The van der Waals surface area contributed by atoms with E-state index in [9.17, 15) is 9.59 Å². The molecule has 4 saturated carbocycles. The van der Waals surface area contributed by atoms with Gasteiger partial charge in [-0.15, -0.1) is 0 Å². The van der Waals surface area contributed by atoms with Crippen LogP contribution in [0.15, 0.2) is 12.2 Å². The van der Waals surface area contributed by atoms with Gasteiger partial charge in [-0.3, -0.25) is 9.59 Å². The molecule has 2 amide bonds. The lowest BCUT2D eigenvalue weighted by molar-refractivity contribution is -0.135. The summed E-state index contributed by atoms with van der Waals surface area (Å²) in [6, 6.07) is 1.53. The zero-order valence-electron chi connectivity index (χ0n) is 20.3. The van der Waals surface area contributed by atoms with Crippen LogP contribution in [0.2, 0.25) is 0 Å². The van der Waals surface area contributed by atoms with Crippen LogP contribution in [0.25, 0.3) is 0 Å². The molecule has 4 nitrogen and oxygen atoms in total. The molecule has 4 heteroatoms. The molecule has 0 aromatic heterocycles. The summed E-state index contributed by atoms with van der Waals surface area (Å²) in [5, 5.41) is 0. The van der Waals surface area contributed by atoms with Crippen molar-refractivity contribution in [2.45, 2.75) is 153 Å². The molecule has 0 heterocycles. The first-order valence-corrected chi connectivity index (χ1v) is 14.1. The Labute approximate surface area is 196 Å². The van der Waals surface area contributed by atoms with Crippen LogP contribution in [0.5, 0.6) is 0 Å². The average Bonchev–Trinajstić information content (AvgIpc) is 2.86. The largest absolute Gasteiger partial charge is 0.333 e. The van der Waals surface area contributed by atoms with Crippen LogP contribution in [-0.4, -0.2) is 45.8 Å². The molecule has 32 heavy (non-hydrogen) atoms. The summed E-state index contributed by atoms with van der Waals surface area (Å²) >= 11 is 0. The minimum atomic E-state index is 0.101. The number of carbonyl (C=O) groups excluding carboxylic acids is 2. The van der Waals surface area contributed by atoms with Crippen LogP contribution in [-0.2, 0) is 9.59 Å². The van der Waals surface area contributed by atoms with Gasteiger partial charge in [0.2, 0.25) is 11.8 Å². The highest BCUT2D eigenvalue weighted by Crippen LogP contribution is 2.32. The first-order valence-electron chi connectivity index (χ1n) is 14.1. The van der Waals surface area contributed by atoms with E-state index in [0.717, 1.165) is 51.4 Å². The molecule has 0 atom stereocenters. The molecule has 0 radical (unpaired) electrons. The van der Waals surface area contributed by atoms with E-state index >= 15 is 0 Å². The van der Waals surface area contributed by atoms with E-state index in [1.807, 2.05) is 0 Å². The molecule has 0 aromatic rings. The summed E-state index contributed by atoms with van der Waals surface area (Å²) in [6.45, 7) is 0. The molecule has 180 valence electrons. The van der Waals surface area contributed by atoms with Crippen molar-refractivity contribution in [2.24, 2.45) is 0 Å². The first kappa shape index (κ1) is 23.8. The maximum absolute atomic E-state index is 13.5. The van der Waals surface area contributed by atoms with Crippen molar-refractivity contribution >= 4 is 11.8 Å². The van der Waals surface area contributed by atoms with E-state index in [2.05, 4.69) is 9.80 Å². The van der Waals surface area contributed by atoms with Gasteiger partial charge in [0.25, 0.3) is 0 Å². The van der Waals surface area contributed by atoms with Gasteiger partial charge in [0, 0.05) is 36.3 Å². The van der Waals surface area contributed by atoms with Gasteiger partial charge in [-0.05, 0) is 51.4 Å². The van der Waals surface area contributed by atoms with Crippen molar-refractivity contribution in [3.8, 4) is 0 Å². The van der Waals surface area contributed by atoms with Gasteiger partial charge in [-0.25, -0.2) is 0 Å². The molecule has 4 fully saturated rings. The Hall–Kier alpha value is -1.32. The van der Waals surface area contributed by atoms with Gasteiger partial charge in [0.05, 0.1) is 0 Å². The van der Waals surface area contributed by atoms with E-state index in [1.165, 1.54) is 77.0 Å². The van der Waals surface area contributed by atoms with Crippen LogP contribution in [0.1, 0.15) is 128 Å². The van der Waals surface area contributed by atoms with Gasteiger partial charge in [-0.1, -0.05) is 77.0 Å². The lowest BCUT2D eigenvalue weighted by Gasteiger charge is -2.42. The minimum Gasteiger partial charge on any atom is -0.333 e. The minimum absolute atomic E-state index is 0.101. The van der Waals surface area contributed by atoms with Crippen molar-refractivity contribution < 1.29 is 9.59 Å². The Balaban J connectivity index is 1.46. The second kappa shape index (κ2) is 12.2. The van der Waals surface area contributed by atoms with Crippen molar-refractivity contribution in [2.75, 3.05) is 0 Å². The number of carbonyl (C=O) groups is 2. The molecule has 4 rings (SSSR count). The third-order valence-corrected chi connectivity index (χ3v) is 8.75. The molecule has 0 saturated heterocycles. The Morgan fingerprint density at radius 3 is 0.844 bits per heavy atom. The van der Waals surface area contributed by atoms with Crippen molar-refractivity contribution in [3.05, 3.63) is 12.2 Å². The fourth-order valence-electron chi connectivity index (χ4n) is 7.07. The Kier molecular flexibility index (Phi) is 9.11. The molecule has 4 aliphatic rings. The quantitative estimate of drug-likeness (QED) is 0.439. The van der Waals surface area contributed by atoms with E-state index in [-0.39, 0.29) is 11.8 Å². The molecule has 0 aromatic carbocycles. The summed E-state index contributed by atoms with van der Waals surface area (Å²) in [5.74, 6) is 0.203. The zero-order chi connectivity index (χ0) is 22.2. The summed E-state index contributed by atoms with van der Waals surface area (Å²) in [6.07, 6.45) is 27.5. The average molecular weight is 443 g/mol. The topological polar surface area (TPSA) is 40.6 Å². The number of rotatable bonds is 6. The number of amides is 2. The third kappa shape index (κ3) is 6.17. The summed E-state index contributed by atoms with van der Waals surface area (Å²) < 4.78 is 0. The molecule has 0 bridgehead atoms. The highest BCUT2D eigenvalue weighted by Gasteiger charge is 2.33. The third-order valence-electron chi connectivity index (χ3n) is 8.75. The van der Waals surface area contributed by atoms with Gasteiger partial charge in [0.1, 0.15) is 0 Å². The lowest BCUT2D eigenvalue weighted by atomic mass is 9.88. The highest BCUT2D eigenvalue weighted by molar-refractivity contribution is 5.97. The molecular formula is C28H46N2O2. The number of nitrogens with zero attached hydrogens (tertiary/aromatic N) is 2. The Bertz CT molecular complexity index is 531. The Morgan fingerprint density at radius 1 is 0.406 bits per heavy atom. The fourth-order valence-corrected chi connectivity index (χ4v) is 7.07. The normalized spacial score (nSPS) is 25.1. The van der Waals surface area contributed by atoms with E-state index in [4.69, 9.17) is 0 Å². The molecule has 0 unspecified atom stereocenters. The highest BCUT2D eigenvalue weighted by atomic mass is 16.2. The van der Waals surface area contributed by atoms with Crippen LogP contribution in [0.4, 0.5) is 0 Å². The number of hydrogen-bond donors (Lipinski definition) is 0. The van der Waals surface area contributed by atoms with Crippen LogP contribution < -0.4 is 0 Å². The predicted molar refractivity (Wildman–Crippen MR) is 130 cm³/mol. The van der Waals surface area contributed by atoms with Gasteiger partial charge in [-0.2, -0.15) is 0 Å². The molecule has 0 spiro atoms. The van der Waals surface area contributed by atoms with Crippen molar-refractivity contribution in [1.29, 1.82) is 0 Å². The van der Waals surface area contributed by atoms with Gasteiger partial charge < -0.3 is 9.80 Å². The van der Waals surface area contributed by atoms with E-state index < -0.39 is 0 Å². The summed E-state index contributed by atoms with van der Waals surface area (Å²) in [4.78, 5) is 31.4. The standard InChI is InChI=1S/C28H46N2O2/c31-27(29(23-13-5-1-6-14-23)24-15-7-2-8-16-24)21-22-28(32)30(25-17-9-3-10-18-25)26-19-11-4-12-20-26/h21-26H,1-20H2. The monoisotopic (exact) mass is 442 g/mol.